The average Bonchev–Trinajstić information content (AvgIpc) is 2.45. The fraction of sp³-hybridized carbons (Fsp3) is 0. The fourth-order valence-corrected chi connectivity index (χ4v) is 1.51. The molecule has 4 heteroatoms. The third kappa shape index (κ3) is 4.48. The van der Waals surface area contributed by atoms with E-state index >= 15 is 0 Å². The predicted octanol–water partition coefficient (Wildman–Crippen LogP) is 4.66. The van der Waals surface area contributed by atoms with Crippen LogP contribution in [0.25, 0.3) is 6.08 Å². The average molecular weight is 271 g/mol. The van der Waals surface area contributed by atoms with Gasteiger partial charge in [0, 0.05) is 11.1 Å². The molecule has 0 aliphatic carbocycles. The van der Waals surface area contributed by atoms with Crippen molar-refractivity contribution in [2.45, 2.75) is 0 Å². The molecular formula is C15H11ClN2O. The zero-order valence-corrected chi connectivity index (χ0v) is 10.8. The van der Waals surface area contributed by atoms with E-state index in [1.807, 2.05) is 30.3 Å². The van der Waals surface area contributed by atoms with Crippen LogP contribution in [0.5, 0.6) is 0 Å². The van der Waals surface area contributed by atoms with E-state index in [0.717, 1.165) is 5.56 Å². The van der Waals surface area contributed by atoms with Crippen LogP contribution in [-0.2, 0) is 4.79 Å². The maximum absolute atomic E-state index is 11.5. The molecule has 94 valence electrons. The van der Waals surface area contributed by atoms with Crippen molar-refractivity contribution in [3.63, 3.8) is 0 Å². The molecule has 3 nitrogen and oxygen atoms in total. The van der Waals surface area contributed by atoms with Crippen LogP contribution in [0.3, 0.4) is 0 Å². The van der Waals surface area contributed by atoms with Crippen LogP contribution in [0.2, 0.25) is 5.02 Å². The summed E-state index contributed by atoms with van der Waals surface area (Å²) in [5, 5.41) is 8.04. The Labute approximate surface area is 116 Å². The Hall–Kier alpha value is -2.26. The zero-order valence-electron chi connectivity index (χ0n) is 10.0. The van der Waals surface area contributed by atoms with E-state index in [4.69, 9.17) is 11.6 Å². The van der Waals surface area contributed by atoms with Gasteiger partial charge in [-0.25, -0.2) is 0 Å². The van der Waals surface area contributed by atoms with Gasteiger partial charge < -0.3 is 0 Å². The first-order chi connectivity index (χ1) is 9.24. The first-order valence-corrected chi connectivity index (χ1v) is 6.06. The summed E-state index contributed by atoms with van der Waals surface area (Å²) in [7, 11) is 0. The minimum absolute atomic E-state index is 0.404. The molecule has 0 N–H and O–H groups in total. The van der Waals surface area contributed by atoms with Crippen LogP contribution in [0.1, 0.15) is 5.56 Å². The lowest BCUT2D eigenvalue weighted by Crippen LogP contribution is -1.83. The number of carbonyl (C=O) groups is 1. The molecule has 2 rings (SSSR count). The van der Waals surface area contributed by atoms with Crippen molar-refractivity contribution in [2.24, 2.45) is 10.2 Å². The van der Waals surface area contributed by atoms with Crippen LogP contribution in [0.15, 0.2) is 70.9 Å². The van der Waals surface area contributed by atoms with E-state index in [1.54, 1.807) is 30.3 Å². The highest BCUT2D eigenvalue weighted by atomic mass is 35.5. The van der Waals surface area contributed by atoms with Gasteiger partial charge in [-0.05, 0) is 35.9 Å². The van der Waals surface area contributed by atoms with Gasteiger partial charge in [-0.3, -0.25) is 4.79 Å². The van der Waals surface area contributed by atoms with Gasteiger partial charge in [0.2, 0.25) is 0 Å². The first kappa shape index (κ1) is 13.2. The number of hydrogen-bond donors (Lipinski definition) is 0. The molecule has 0 aliphatic heterocycles. The van der Waals surface area contributed by atoms with Crippen LogP contribution < -0.4 is 0 Å². The highest BCUT2D eigenvalue weighted by molar-refractivity contribution is 6.30. The van der Waals surface area contributed by atoms with Crippen molar-refractivity contribution < 1.29 is 4.79 Å². The van der Waals surface area contributed by atoms with Crippen LogP contribution in [-0.4, -0.2) is 5.91 Å². The second-order valence-electron chi connectivity index (χ2n) is 3.76. The number of hydrogen-bond acceptors (Lipinski definition) is 2. The number of azo groups is 1. The smallest absolute Gasteiger partial charge is 0.266 e. The van der Waals surface area contributed by atoms with E-state index < -0.39 is 5.91 Å². The maximum atomic E-state index is 11.5. The van der Waals surface area contributed by atoms with Crippen molar-refractivity contribution in [2.75, 3.05) is 0 Å². The fourth-order valence-electron chi connectivity index (χ4n) is 1.38. The number of amides is 1. The lowest BCUT2D eigenvalue weighted by molar-refractivity contribution is -0.113. The molecular weight excluding hydrogens is 260 g/mol. The second kappa shape index (κ2) is 6.61. The lowest BCUT2D eigenvalue weighted by Gasteiger charge is -1.91. The first-order valence-electron chi connectivity index (χ1n) is 5.68. The van der Waals surface area contributed by atoms with Crippen molar-refractivity contribution in [1.29, 1.82) is 0 Å². The van der Waals surface area contributed by atoms with E-state index in [1.165, 1.54) is 6.08 Å². The second-order valence-corrected chi connectivity index (χ2v) is 4.20. The van der Waals surface area contributed by atoms with E-state index in [9.17, 15) is 4.79 Å². The molecule has 19 heavy (non-hydrogen) atoms. The zero-order chi connectivity index (χ0) is 13.5. The van der Waals surface area contributed by atoms with Crippen LogP contribution >= 0.6 is 11.6 Å². The van der Waals surface area contributed by atoms with Crippen molar-refractivity contribution in [3.8, 4) is 0 Å². The molecule has 0 aliphatic rings. The monoisotopic (exact) mass is 270 g/mol. The summed E-state index contributed by atoms with van der Waals surface area (Å²) in [6.45, 7) is 0. The molecule has 0 radical (unpaired) electrons. The van der Waals surface area contributed by atoms with Crippen molar-refractivity contribution in [3.05, 3.63) is 71.3 Å². The lowest BCUT2D eigenvalue weighted by atomic mass is 10.2. The Morgan fingerprint density at radius 2 is 1.68 bits per heavy atom. The number of halogens is 1. The molecule has 0 saturated heterocycles. The summed E-state index contributed by atoms with van der Waals surface area (Å²) in [5.41, 5.74) is 1.53. The minimum atomic E-state index is -0.404. The number of rotatable bonds is 3. The predicted molar refractivity (Wildman–Crippen MR) is 76.5 cm³/mol. The highest BCUT2D eigenvalue weighted by Gasteiger charge is 1.93. The number of carbonyl (C=O) groups excluding carboxylic acids is 1. The SMILES string of the molecule is O=C(/C=C/c1ccccc1)N=Nc1ccc(Cl)cc1. The molecule has 0 fully saturated rings. The van der Waals surface area contributed by atoms with Gasteiger partial charge in [-0.15, -0.1) is 10.2 Å². The molecule has 0 aromatic heterocycles. The van der Waals surface area contributed by atoms with Gasteiger partial charge in [0.15, 0.2) is 0 Å². The Bertz CT molecular complexity index is 604. The van der Waals surface area contributed by atoms with Gasteiger partial charge in [-0.2, -0.15) is 0 Å². The molecule has 0 atom stereocenters. The largest absolute Gasteiger partial charge is 0.288 e. The summed E-state index contributed by atoms with van der Waals surface area (Å²) < 4.78 is 0. The Kier molecular flexibility index (Phi) is 4.59. The third-order valence-electron chi connectivity index (χ3n) is 2.31. The topological polar surface area (TPSA) is 41.8 Å². The van der Waals surface area contributed by atoms with E-state index in [-0.39, 0.29) is 0 Å². The molecule has 0 unspecified atom stereocenters. The summed E-state index contributed by atoms with van der Waals surface area (Å²) in [5.74, 6) is -0.404. The molecule has 1 amide bonds. The molecule has 0 heterocycles. The van der Waals surface area contributed by atoms with Gasteiger partial charge in [0.25, 0.3) is 5.91 Å². The standard InChI is InChI=1S/C15H11ClN2O/c16-13-7-9-14(10-8-13)17-18-15(19)11-6-12-4-2-1-3-5-12/h1-11H/b11-6+,18-17?. The maximum Gasteiger partial charge on any atom is 0.288 e. The minimum Gasteiger partial charge on any atom is -0.266 e. The summed E-state index contributed by atoms with van der Waals surface area (Å²) in [6.07, 6.45) is 3.08. The summed E-state index contributed by atoms with van der Waals surface area (Å²) >= 11 is 5.74. The van der Waals surface area contributed by atoms with Crippen LogP contribution in [0, 0.1) is 0 Å². The molecule has 0 saturated carbocycles. The van der Waals surface area contributed by atoms with Gasteiger partial charge >= 0.3 is 0 Å². The molecule has 2 aromatic rings. The van der Waals surface area contributed by atoms with Gasteiger partial charge in [-0.1, -0.05) is 41.9 Å². The molecule has 0 spiro atoms. The van der Waals surface area contributed by atoms with Crippen molar-refractivity contribution >= 4 is 29.3 Å². The van der Waals surface area contributed by atoms with E-state index in [0.29, 0.717) is 10.7 Å². The van der Waals surface area contributed by atoms with Gasteiger partial charge in [0.1, 0.15) is 0 Å². The van der Waals surface area contributed by atoms with Crippen molar-refractivity contribution in [1.82, 2.24) is 0 Å². The highest BCUT2D eigenvalue weighted by Crippen LogP contribution is 2.16. The number of nitrogens with zero attached hydrogens (tertiary/aromatic N) is 2. The van der Waals surface area contributed by atoms with Crippen LogP contribution in [0.4, 0.5) is 5.69 Å². The Morgan fingerprint density at radius 1 is 1.00 bits per heavy atom. The van der Waals surface area contributed by atoms with Gasteiger partial charge in [0.05, 0.1) is 5.69 Å². The number of benzene rings is 2. The summed E-state index contributed by atoms with van der Waals surface area (Å²) in [4.78, 5) is 11.5. The quantitative estimate of drug-likeness (QED) is 0.590. The third-order valence-corrected chi connectivity index (χ3v) is 2.56. The molecule has 0 bridgehead atoms. The normalized spacial score (nSPS) is 11.2. The Morgan fingerprint density at radius 3 is 2.37 bits per heavy atom. The Balaban J connectivity index is 1.98. The molecule has 2 aromatic carbocycles. The summed E-state index contributed by atoms with van der Waals surface area (Å²) in [6, 6.07) is 16.3. The van der Waals surface area contributed by atoms with E-state index in [2.05, 4.69) is 10.2 Å².